The van der Waals surface area contributed by atoms with E-state index in [-0.39, 0.29) is 0 Å². The smallest absolute Gasteiger partial charge is 0.225 e. The maximum atomic E-state index is 8.93. The molecule has 0 bridgehead atoms. The summed E-state index contributed by atoms with van der Waals surface area (Å²) in [5.74, 6) is 1.74. The molecule has 0 saturated carbocycles. The molecule has 0 aliphatic heterocycles. The molecule has 0 saturated heterocycles. The first-order chi connectivity index (χ1) is 13.2. The fourth-order valence-corrected chi connectivity index (χ4v) is 2.23. The van der Waals surface area contributed by atoms with Gasteiger partial charge in [0.25, 0.3) is 0 Å². The highest BCUT2D eigenvalue weighted by atomic mass is 16.5. The fourth-order valence-electron chi connectivity index (χ4n) is 2.23. The molecule has 0 aliphatic rings. The van der Waals surface area contributed by atoms with Gasteiger partial charge >= 0.3 is 0 Å². The van der Waals surface area contributed by atoms with Crippen molar-refractivity contribution in [2.45, 2.75) is 6.92 Å². The summed E-state index contributed by atoms with van der Waals surface area (Å²) < 4.78 is 11.7. The van der Waals surface area contributed by atoms with Crippen LogP contribution in [-0.4, -0.2) is 5.90 Å². The third-order valence-electron chi connectivity index (χ3n) is 3.64. The van der Waals surface area contributed by atoms with Crippen LogP contribution in [0.4, 0.5) is 5.69 Å². The second-order valence-corrected chi connectivity index (χ2v) is 5.72. The Bertz CT molecular complexity index is 970. The van der Waals surface area contributed by atoms with Gasteiger partial charge in [0.1, 0.15) is 11.5 Å². The maximum Gasteiger partial charge on any atom is 0.225 e. The van der Waals surface area contributed by atoms with Crippen LogP contribution in [0.5, 0.6) is 11.5 Å². The molecule has 0 heterocycles. The highest BCUT2D eigenvalue weighted by Crippen LogP contribution is 2.18. The summed E-state index contributed by atoms with van der Waals surface area (Å²) in [4.78, 5) is 4.59. The Morgan fingerprint density at radius 1 is 0.852 bits per heavy atom. The molecular weight excluding hydrogens is 336 g/mol. The summed E-state index contributed by atoms with van der Waals surface area (Å²) >= 11 is 0. The second kappa shape index (κ2) is 9.02. The number of rotatable bonds is 5. The molecule has 3 aromatic carbocycles. The quantitative estimate of drug-likeness (QED) is 0.338. The van der Waals surface area contributed by atoms with E-state index in [4.69, 9.17) is 14.7 Å². The van der Waals surface area contributed by atoms with Gasteiger partial charge in [-0.25, -0.2) is 4.99 Å². The van der Waals surface area contributed by atoms with Crippen LogP contribution in [0.2, 0.25) is 0 Å². The van der Waals surface area contributed by atoms with E-state index in [9.17, 15) is 0 Å². The standard InChI is InChI=1S/C23H18N2O2/c1-18(17-26-21-10-6-3-7-11-21)23(25-20-8-4-2-5-9-20)27-22-14-12-19(16-24)13-15-22/h2-15,17H,1H3/b18-17+,25-23?. The molecule has 0 unspecified atom stereocenters. The molecule has 0 aromatic heterocycles. The van der Waals surface area contributed by atoms with E-state index in [1.54, 1.807) is 30.5 Å². The van der Waals surface area contributed by atoms with Crippen molar-refractivity contribution in [3.05, 3.63) is 102 Å². The van der Waals surface area contributed by atoms with Crippen molar-refractivity contribution in [3.8, 4) is 17.6 Å². The summed E-state index contributed by atoms with van der Waals surface area (Å²) in [6.45, 7) is 1.87. The van der Waals surface area contributed by atoms with Crippen LogP contribution in [0.1, 0.15) is 12.5 Å². The van der Waals surface area contributed by atoms with Crippen LogP contribution in [0.3, 0.4) is 0 Å². The summed E-state index contributed by atoms with van der Waals surface area (Å²) in [5, 5.41) is 8.93. The van der Waals surface area contributed by atoms with Crippen LogP contribution in [0, 0.1) is 11.3 Å². The zero-order valence-corrected chi connectivity index (χ0v) is 14.9. The first kappa shape index (κ1) is 18.0. The Hall–Kier alpha value is -3.84. The van der Waals surface area contributed by atoms with Crippen molar-refractivity contribution in [1.29, 1.82) is 5.26 Å². The van der Waals surface area contributed by atoms with E-state index in [1.807, 2.05) is 67.6 Å². The largest absolute Gasteiger partial charge is 0.465 e. The van der Waals surface area contributed by atoms with Crippen LogP contribution in [0.15, 0.2) is 102 Å². The molecule has 0 spiro atoms. The van der Waals surface area contributed by atoms with Crippen molar-refractivity contribution in [3.63, 3.8) is 0 Å². The first-order valence-electron chi connectivity index (χ1n) is 8.45. The summed E-state index contributed by atoms with van der Waals surface area (Å²) in [5.41, 5.74) is 2.07. The number of benzene rings is 3. The molecule has 132 valence electrons. The highest BCUT2D eigenvalue weighted by Gasteiger charge is 2.08. The van der Waals surface area contributed by atoms with Gasteiger partial charge < -0.3 is 9.47 Å². The monoisotopic (exact) mass is 354 g/mol. The van der Waals surface area contributed by atoms with Crippen molar-refractivity contribution >= 4 is 11.6 Å². The minimum atomic E-state index is 0.418. The van der Waals surface area contributed by atoms with E-state index in [1.165, 1.54) is 0 Å². The minimum absolute atomic E-state index is 0.418. The van der Waals surface area contributed by atoms with Crippen LogP contribution in [-0.2, 0) is 0 Å². The number of hydrogen-bond donors (Lipinski definition) is 0. The second-order valence-electron chi connectivity index (χ2n) is 5.72. The Morgan fingerprint density at radius 2 is 1.48 bits per heavy atom. The molecule has 0 amide bonds. The predicted molar refractivity (Wildman–Crippen MR) is 106 cm³/mol. The van der Waals surface area contributed by atoms with Gasteiger partial charge in [0.15, 0.2) is 0 Å². The SMILES string of the molecule is C/C(=C\Oc1ccccc1)C(=Nc1ccccc1)Oc1ccc(C#N)cc1. The van der Waals surface area contributed by atoms with Gasteiger partial charge in [-0.3, -0.25) is 0 Å². The van der Waals surface area contributed by atoms with E-state index < -0.39 is 0 Å². The third kappa shape index (κ3) is 5.32. The normalized spacial score (nSPS) is 11.6. The van der Waals surface area contributed by atoms with Gasteiger partial charge in [-0.15, -0.1) is 0 Å². The summed E-state index contributed by atoms with van der Waals surface area (Å²) in [6.07, 6.45) is 1.61. The number of nitrogens with zero attached hydrogens (tertiary/aromatic N) is 2. The summed E-state index contributed by atoms with van der Waals surface area (Å²) in [6, 6.07) is 28.0. The van der Waals surface area contributed by atoms with Crippen LogP contribution in [0.25, 0.3) is 0 Å². The lowest BCUT2D eigenvalue weighted by atomic mass is 10.2. The van der Waals surface area contributed by atoms with Gasteiger partial charge in [-0.1, -0.05) is 36.4 Å². The molecular formula is C23H18N2O2. The van der Waals surface area contributed by atoms with Crippen LogP contribution >= 0.6 is 0 Å². The van der Waals surface area contributed by atoms with Gasteiger partial charge in [0.05, 0.1) is 23.6 Å². The Kier molecular flexibility index (Phi) is 6.00. The lowest BCUT2D eigenvalue weighted by molar-refractivity contribution is 0.473. The maximum absolute atomic E-state index is 8.93. The van der Waals surface area contributed by atoms with Gasteiger partial charge in [-0.2, -0.15) is 5.26 Å². The van der Waals surface area contributed by atoms with Gasteiger partial charge in [-0.05, 0) is 55.5 Å². The topological polar surface area (TPSA) is 54.6 Å². The van der Waals surface area contributed by atoms with E-state index >= 15 is 0 Å². The summed E-state index contributed by atoms with van der Waals surface area (Å²) in [7, 11) is 0. The molecule has 0 radical (unpaired) electrons. The number of hydrogen-bond acceptors (Lipinski definition) is 4. The number of ether oxygens (including phenoxy) is 2. The average molecular weight is 354 g/mol. The first-order valence-corrected chi connectivity index (χ1v) is 8.45. The van der Waals surface area contributed by atoms with E-state index in [2.05, 4.69) is 11.1 Å². The molecule has 4 heteroatoms. The molecule has 4 nitrogen and oxygen atoms in total. The van der Waals surface area contributed by atoms with Crippen molar-refractivity contribution < 1.29 is 9.47 Å². The van der Waals surface area contributed by atoms with Crippen LogP contribution < -0.4 is 9.47 Å². The third-order valence-corrected chi connectivity index (χ3v) is 3.64. The zero-order valence-electron chi connectivity index (χ0n) is 14.9. The zero-order chi connectivity index (χ0) is 18.9. The Morgan fingerprint density at radius 3 is 2.11 bits per heavy atom. The Labute approximate surface area is 158 Å². The molecule has 0 N–H and O–H groups in total. The number of para-hydroxylation sites is 2. The van der Waals surface area contributed by atoms with Crippen molar-refractivity contribution in [2.24, 2.45) is 4.99 Å². The molecule has 27 heavy (non-hydrogen) atoms. The van der Waals surface area contributed by atoms with Crippen molar-refractivity contribution in [1.82, 2.24) is 0 Å². The molecule has 0 fully saturated rings. The Balaban J connectivity index is 1.86. The van der Waals surface area contributed by atoms with Crippen molar-refractivity contribution in [2.75, 3.05) is 0 Å². The molecule has 3 aromatic rings. The molecule has 0 aliphatic carbocycles. The van der Waals surface area contributed by atoms with Gasteiger partial charge in [0.2, 0.25) is 5.90 Å². The number of aliphatic imine (C=N–C) groups is 1. The molecule has 0 atom stereocenters. The predicted octanol–water partition coefficient (Wildman–Crippen LogP) is 5.65. The van der Waals surface area contributed by atoms with E-state index in [0.717, 1.165) is 17.0 Å². The fraction of sp³-hybridized carbons (Fsp3) is 0.0435. The molecule has 3 rings (SSSR count). The highest BCUT2D eigenvalue weighted by molar-refractivity contribution is 5.96. The average Bonchev–Trinajstić information content (AvgIpc) is 2.73. The van der Waals surface area contributed by atoms with E-state index in [0.29, 0.717) is 17.2 Å². The lowest BCUT2D eigenvalue weighted by Gasteiger charge is -2.10. The minimum Gasteiger partial charge on any atom is -0.465 e. The lowest BCUT2D eigenvalue weighted by Crippen LogP contribution is -2.11. The van der Waals surface area contributed by atoms with Gasteiger partial charge in [0, 0.05) is 5.57 Å². The number of nitriles is 1.